The fourth-order valence-corrected chi connectivity index (χ4v) is 3.54. The summed E-state index contributed by atoms with van der Waals surface area (Å²) in [7, 11) is 3.29. The van der Waals surface area contributed by atoms with Crippen LogP contribution in [0.2, 0.25) is 0 Å². The Morgan fingerprint density at radius 3 is 2.66 bits per heavy atom. The quantitative estimate of drug-likeness (QED) is 0.805. The van der Waals surface area contributed by atoms with E-state index in [0.29, 0.717) is 35.4 Å². The topological polar surface area (TPSA) is 66.4 Å². The van der Waals surface area contributed by atoms with Crippen molar-refractivity contribution in [3.63, 3.8) is 0 Å². The van der Waals surface area contributed by atoms with Gasteiger partial charge >= 0.3 is 0 Å². The third-order valence-corrected chi connectivity index (χ3v) is 4.91. The Labute approximate surface area is 167 Å². The van der Waals surface area contributed by atoms with E-state index in [1.165, 1.54) is 13.2 Å². The van der Waals surface area contributed by atoms with Crippen molar-refractivity contribution < 1.29 is 18.9 Å². The fourth-order valence-electron chi connectivity index (χ4n) is 3.54. The van der Waals surface area contributed by atoms with Crippen LogP contribution in [0.3, 0.4) is 0 Å². The molecule has 0 aromatic heterocycles. The molecule has 150 valence electrons. The third-order valence-electron chi connectivity index (χ3n) is 4.91. The molecule has 29 heavy (non-hydrogen) atoms. The Kier molecular flexibility index (Phi) is 5.18. The normalized spacial score (nSPS) is 20.0. The fraction of sp³-hybridized carbons (Fsp3) is 0.238. The van der Waals surface area contributed by atoms with E-state index in [1.807, 2.05) is 0 Å². The molecule has 0 unspecified atom stereocenters. The van der Waals surface area contributed by atoms with Gasteiger partial charge in [-0.05, 0) is 23.8 Å². The SMILES string of the molecule is CON=C1C[C@@H](C2=CN(C)NO2)N(C(=O)c2ccc(-c3ccccc3F)cc2)C1. The molecule has 1 amide bonds. The Balaban J connectivity index is 1.59. The molecule has 0 aliphatic carbocycles. The van der Waals surface area contributed by atoms with Crippen LogP contribution in [0.4, 0.5) is 4.39 Å². The monoisotopic (exact) mass is 396 g/mol. The van der Waals surface area contributed by atoms with Crippen molar-refractivity contribution in [3.05, 3.63) is 71.9 Å². The number of hydrazine groups is 1. The van der Waals surface area contributed by atoms with Gasteiger partial charge in [0.15, 0.2) is 5.76 Å². The molecule has 1 atom stereocenters. The highest BCUT2D eigenvalue weighted by molar-refractivity contribution is 6.01. The highest BCUT2D eigenvalue weighted by Crippen LogP contribution is 2.28. The maximum absolute atomic E-state index is 14.0. The summed E-state index contributed by atoms with van der Waals surface area (Å²) in [6, 6.07) is 13.2. The summed E-state index contributed by atoms with van der Waals surface area (Å²) in [4.78, 5) is 25.3. The molecule has 8 heteroatoms. The molecule has 7 nitrogen and oxygen atoms in total. The highest BCUT2D eigenvalue weighted by Gasteiger charge is 2.39. The molecule has 2 aliphatic rings. The molecule has 2 aliphatic heterocycles. The minimum atomic E-state index is -0.298. The van der Waals surface area contributed by atoms with Gasteiger partial charge in [0, 0.05) is 24.6 Å². The number of carbonyl (C=O) groups excluding carboxylic acids is 1. The lowest BCUT2D eigenvalue weighted by Crippen LogP contribution is -2.37. The van der Waals surface area contributed by atoms with E-state index < -0.39 is 0 Å². The van der Waals surface area contributed by atoms with Crippen LogP contribution in [0.15, 0.2) is 65.6 Å². The number of carbonyl (C=O) groups is 1. The molecular weight excluding hydrogens is 375 g/mol. The standard InChI is InChI=1S/C21H21FN4O3/c1-25-13-20(29-24-25)19-11-16(23-28-2)12-26(19)21(27)15-9-7-14(8-10-15)17-5-3-4-6-18(17)22/h3-10,13,19,24H,11-12H2,1-2H3/t19-/m0/s1. The van der Waals surface area contributed by atoms with E-state index in [4.69, 9.17) is 9.68 Å². The van der Waals surface area contributed by atoms with Gasteiger partial charge in [-0.3, -0.25) is 9.80 Å². The van der Waals surface area contributed by atoms with Crippen LogP contribution >= 0.6 is 0 Å². The van der Waals surface area contributed by atoms with Crippen molar-refractivity contribution in [1.29, 1.82) is 0 Å². The van der Waals surface area contributed by atoms with E-state index in [-0.39, 0.29) is 17.8 Å². The summed E-state index contributed by atoms with van der Waals surface area (Å²) in [5.41, 5.74) is 5.20. The maximum atomic E-state index is 14.0. The lowest BCUT2D eigenvalue weighted by atomic mass is 10.0. The van der Waals surface area contributed by atoms with Gasteiger partial charge in [0.25, 0.3) is 5.91 Å². The number of halogens is 1. The number of rotatable bonds is 4. The largest absolute Gasteiger partial charge is 0.399 e. The lowest BCUT2D eigenvalue weighted by molar-refractivity contribution is 0.0190. The maximum Gasteiger partial charge on any atom is 0.254 e. The Bertz CT molecular complexity index is 974. The Hall–Kier alpha value is -3.39. The number of likely N-dealkylation sites (tertiary alicyclic amines) is 1. The second-order valence-electron chi connectivity index (χ2n) is 6.89. The number of nitrogens with zero attached hydrogens (tertiary/aromatic N) is 3. The first-order valence-electron chi connectivity index (χ1n) is 9.18. The van der Waals surface area contributed by atoms with Crippen LogP contribution < -0.4 is 5.59 Å². The predicted molar refractivity (Wildman–Crippen MR) is 106 cm³/mol. The zero-order valence-electron chi connectivity index (χ0n) is 16.1. The van der Waals surface area contributed by atoms with Gasteiger partial charge in [0.1, 0.15) is 12.9 Å². The van der Waals surface area contributed by atoms with Crippen LogP contribution in [0.25, 0.3) is 11.1 Å². The molecule has 4 rings (SSSR count). The lowest BCUT2D eigenvalue weighted by Gasteiger charge is -2.23. The van der Waals surface area contributed by atoms with Gasteiger partial charge in [0.2, 0.25) is 0 Å². The molecule has 1 fully saturated rings. The number of benzene rings is 2. The first-order chi connectivity index (χ1) is 14.1. The molecule has 0 saturated carbocycles. The van der Waals surface area contributed by atoms with Crippen LogP contribution in [0.1, 0.15) is 16.8 Å². The molecule has 2 aromatic rings. The summed E-state index contributed by atoms with van der Waals surface area (Å²) in [6.07, 6.45) is 2.32. The zero-order valence-corrected chi connectivity index (χ0v) is 16.1. The van der Waals surface area contributed by atoms with Crippen LogP contribution in [0, 0.1) is 5.82 Å². The summed E-state index contributed by atoms with van der Waals surface area (Å²) in [5.74, 6) is 0.175. The molecule has 0 radical (unpaired) electrons. The smallest absolute Gasteiger partial charge is 0.254 e. The van der Waals surface area contributed by atoms with Gasteiger partial charge < -0.3 is 14.6 Å². The average molecular weight is 396 g/mol. The van der Waals surface area contributed by atoms with Crippen molar-refractivity contribution in [2.24, 2.45) is 5.16 Å². The Morgan fingerprint density at radius 2 is 2.00 bits per heavy atom. The van der Waals surface area contributed by atoms with Gasteiger partial charge in [-0.25, -0.2) is 4.39 Å². The van der Waals surface area contributed by atoms with Crippen molar-refractivity contribution in [3.8, 4) is 11.1 Å². The molecule has 0 spiro atoms. The molecule has 1 saturated heterocycles. The minimum absolute atomic E-state index is 0.157. The van der Waals surface area contributed by atoms with E-state index in [9.17, 15) is 9.18 Å². The van der Waals surface area contributed by atoms with Crippen LogP contribution in [-0.2, 0) is 9.68 Å². The van der Waals surface area contributed by atoms with Gasteiger partial charge in [-0.1, -0.05) is 41.1 Å². The number of hydrogen-bond donors (Lipinski definition) is 1. The second-order valence-corrected chi connectivity index (χ2v) is 6.89. The number of amides is 1. The predicted octanol–water partition coefficient (Wildman–Crippen LogP) is 2.93. The first kappa shape index (κ1) is 18.9. The zero-order chi connectivity index (χ0) is 20.4. The number of nitrogens with one attached hydrogen (secondary N) is 1. The number of hydrogen-bond acceptors (Lipinski definition) is 6. The number of oxime groups is 1. The van der Waals surface area contributed by atoms with Crippen molar-refractivity contribution >= 4 is 11.6 Å². The summed E-state index contributed by atoms with van der Waals surface area (Å²) in [5, 5.41) is 5.69. The van der Waals surface area contributed by atoms with Crippen LogP contribution in [-0.4, -0.2) is 48.3 Å². The van der Waals surface area contributed by atoms with E-state index >= 15 is 0 Å². The van der Waals surface area contributed by atoms with Gasteiger partial charge in [0.05, 0.1) is 24.5 Å². The van der Waals surface area contributed by atoms with Gasteiger partial charge in [-0.15, -0.1) is 0 Å². The second kappa shape index (κ2) is 7.92. The van der Waals surface area contributed by atoms with E-state index in [2.05, 4.69) is 10.7 Å². The molecule has 2 aromatic carbocycles. The molecular formula is C21H21FN4O3. The summed E-state index contributed by atoms with van der Waals surface area (Å²) in [6.45, 7) is 0.344. The van der Waals surface area contributed by atoms with E-state index in [1.54, 1.807) is 65.6 Å². The third kappa shape index (κ3) is 3.79. The van der Waals surface area contributed by atoms with E-state index in [0.717, 1.165) is 5.71 Å². The Morgan fingerprint density at radius 1 is 1.24 bits per heavy atom. The van der Waals surface area contributed by atoms with Crippen molar-refractivity contribution in [2.45, 2.75) is 12.5 Å². The highest BCUT2D eigenvalue weighted by atomic mass is 19.1. The molecule has 1 N–H and O–H groups in total. The molecule has 2 heterocycles. The summed E-state index contributed by atoms with van der Waals surface area (Å²) >= 11 is 0. The van der Waals surface area contributed by atoms with Crippen LogP contribution in [0.5, 0.6) is 0 Å². The van der Waals surface area contributed by atoms with Crippen molar-refractivity contribution in [1.82, 2.24) is 15.5 Å². The average Bonchev–Trinajstić information content (AvgIpc) is 3.34. The van der Waals surface area contributed by atoms with Gasteiger partial charge in [-0.2, -0.15) is 0 Å². The summed E-state index contributed by atoms with van der Waals surface area (Å²) < 4.78 is 14.0. The van der Waals surface area contributed by atoms with Crippen molar-refractivity contribution in [2.75, 3.05) is 20.7 Å². The first-order valence-corrected chi connectivity index (χ1v) is 9.18. The minimum Gasteiger partial charge on any atom is -0.399 e. The molecule has 0 bridgehead atoms.